The average molecular weight is 429 g/mol. The van der Waals surface area contributed by atoms with Crippen molar-refractivity contribution in [3.05, 3.63) is 33.6 Å². The first-order valence-electron chi connectivity index (χ1n) is 10.1. The van der Waals surface area contributed by atoms with Crippen LogP contribution in [0.2, 0.25) is 0 Å². The second kappa shape index (κ2) is 8.46. The smallest absolute Gasteiger partial charge is 0.258 e. The third kappa shape index (κ3) is 3.78. The van der Waals surface area contributed by atoms with E-state index in [2.05, 4.69) is 27.2 Å². The maximum Gasteiger partial charge on any atom is 0.258 e. The first kappa shape index (κ1) is 21.0. The lowest BCUT2D eigenvalue weighted by atomic mass is 9.86. The van der Waals surface area contributed by atoms with E-state index in [1.54, 1.807) is 12.1 Å². The van der Waals surface area contributed by atoms with E-state index in [1.807, 2.05) is 4.90 Å². The number of ether oxygens (including phenoxy) is 3. The molecule has 1 aromatic heterocycles. The van der Waals surface area contributed by atoms with Crippen LogP contribution in [0.15, 0.2) is 16.9 Å². The van der Waals surface area contributed by atoms with Crippen LogP contribution < -0.4 is 30.0 Å². The van der Waals surface area contributed by atoms with Gasteiger partial charge in [0.15, 0.2) is 11.5 Å². The van der Waals surface area contributed by atoms with Gasteiger partial charge in [0.1, 0.15) is 5.82 Å². The molecular weight excluding hydrogens is 402 g/mol. The van der Waals surface area contributed by atoms with Crippen LogP contribution in [0.3, 0.4) is 0 Å². The molecule has 2 aliphatic heterocycles. The molecule has 2 N–H and O–H groups in total. The highest BCUT2D eigenvalue weighted by molar-refractivity contribution is 5.94. The Morgan fingerprint density at radius 2 is 1.71 bits per heavy atom. The van der Waals surface area contributed by atoms with Crippen molar-refractivity contribution >= 4 is 17.7 Å². The van der Waals surface area contributed by atoms with E-state index >= 15 is 0 Å². The maximum atomic E-state index is 13.2. The molecule has 0 unspecified atom stereocenters. The Morgan fingerprint density at radius 3 is 2.35 bits per heavy atom. The van der Waals surface area contributed by atoms with Crippen LogP contribution in [0, 0.1) is 0 Å². The van der Waals surface area contributed by atoms with Crippen LogP contribution >= 0.6 is 0 Å². The Bertz CT molecular complexity index is 1050. The number of nitrogens with one attached hydrogen (secondary N) is 2. The van der Waals surface area contributed by atoms with Gasteiger partial charge in [-0.25, -0.2) is 0 Å². The number of nitrogens with zero attached hydrogens (tertiary/aromatic N) is 3. The van der Waals surface area contributed by atoms with Crippen molar-refractivity contribution in [2.75, 3.05) is 64.8 Å². The summed E-state index contributed by atoms with van der Waals surface area (Å²) in [5.41, 5.74) is 0.791. The Kier molecular flexibility index (Phi) is 5.73. The predicted octanol–water partition coefficient (Wildman–Crippen LogP) is 1.02. The molecule has 4 rings (SSSR count). The Morgan fingerprint density at radius 1 is 1.00 bits per heavy atom. The zero-order valence-electron chi connectivity index (χ0n) is 18.2. The summed E-state index contributed by atoms with van der Waals surface area (Å²) in [5.74, 6) is 1.35. The van der Waals surface area contributed by atoms with E-state index in [4.69, 9.17) is 14.2 Å². The fraction of sp³-hybridized carbons (Fsp3) is 0.476. The quantitative estimate of drug-likeness (QED) is 0.725. The number of anilines is 2. The zero-order chi connectivity index (χ0) is 22.1. The number of methoxy groups -OCH3 is 3. The molecule has 1 aromatic carbocycles. The highest BCUT2D eigenvalue weighted by Gasteiger charge is 2.34. The van der Waals surface area contributed by atoms with Crippen LogP contribution in [0.5, 0.6) is 17.2 Å². The number of carbonyl (C=O) groups excluding carboxylic acids is 1. The van der Waals surface area contributed by atoms with E-state index in [0.29, 0.717) is 34.3 Å². The Hall–Kier alpha value is -3.27. The largest absolute Gasteiger partial charge is 0.493 e. The van der Waals surface area contributed by atoms with Crippen LogP contribution in [0.25, 0.3) is 0 Å². The molecule has 1 amide bonds. The molecule has 3 heterocycles. The molecule has 2 aliphatic rings. The van der Waals surface area contributed by atoms with Gasteiger partial charge in [-0.3, -0.25) is 14.6 Å². The van der Waals surface area contributed by atoms with Gasteiger partial charge in [-0.15, -0.1) is 0 Å². The lowest BCUT2D eigenvalue weighted by Gasteiger charge is -2.33. The van der Waals surface area contributed by atoms with Gasteiger partial charge >= 0.3 is 0 Å². The molecule has 0 radical (unpaired) electrons. The molecule has 0 bridgehead atoms. The van der Waals surface area contributed by atoms with Crippen molar-refractivity contribution in [3.63, 3.8) is 0 Å². The molecule has 1 fully saturated rings. The third-order valence-electron chi connectivity index (χ3n) is 5.85. The number of hydrogen-bond acceptors (Lipinski definition) is 8. The second-order valence-corrected chi connectivity index (χ2v) is 7.67. The third-order valence-corrected chi connectivity index (χ3v) is 5.85. The standard InChI is InChI=1S/C21H27N5O5/c1-25-7-9-26(10-8-25)21-23-19-16(20(28)24-21)13(11-15(27)22-19)12-5-6-14(29-2)18(31-4)17(12)30-3/h5-6,13H,7-11H2,1-4H3,(H2,22,23,24,27,28)/t13-/m1/s1. The monoisotopic (exact) mass is 429 g/mol. The molecule has 166 valence electrons. The van der Waals surface area contributed by atoms with Crippen LogP contribution in [-0.2, 0) is 4.79 Å². The topological polar surface area (TPSA) is 109 Å². The average Bonchev–Trinajstić information content (AvgIpc) is 2.77. The zero-order valence-corrected chi connectivity index (χ0v) is 18.2. The normalized spacial score (nSPS) is 18.9. The second-order valence-electron chi connectivity index (χ2n) is 7.67. The van der Waals surface area contributed by atoms with Gasteiger partial charge in [-0.1, -0.05) is 6.07 Å². The molecule has 0 aliphatic carbocycles. The van der Waals surface area contributed by atoms with Crippen molar-refractivity contribution < 1.29 is 19.0 Å². The van der Waals surface area contributed by atoms with Crippen molar-refractivity contribution in [1.29, 1.82) is 0 Å². The van der Waals surface area contributed by atoms with Crippen molar-refractivity contribution in [2.45, 2.75) is 12.3 Å². The molecular formula is C21H27N5O5. The van der Waals surface area contributed by atoms with Crippen molar-refractivity contribution in [3.8, 4) is 17.2 Å². The van der Waals surface area contributed by atoms with Crippen LogP contribution in [0.1, 0.15) is 23.5 Å². The molecule has 10 heteroatoms. The minimum atomic E-state index is -0.531. The number of rotatable bonds is 5. The minimum Gasteiger partial charge on any atom is -0.493 e. The van der Waals surface area contributed by atoms with Crippen LogP contribution in [-0.4, -0.2) is 75.3 Å². The van der Waals surface area contributed by atoms with Gasteiger partial charge in [-0.2, -0.15) is 4.98 Å². The van der Waals surface area contributed by atoms with Crippen LogP contribution in [0.4, 0.5) is 11.8 Å². The molecule has 31 heavy (non-hydrogen) atoms. The number of carbonyl (C=O) groups is 1. The van der Waals surface area contributed by atoms with Gasteiger partial charge in [-0.05, 0) is 13.1 Å². The number of aromatic amines is 1. The Labute approximate surface area is 180 Å². The van der Waals surface area contributed by atoms with E-state index in [0.717, 1.165) is 26.2 Å². The molecule has 1 saturated heterocycles. The number of benzene rings is 1. The number of aromatic nitrogens is 2. The molecule has 0 saturated carbocycles. The van der Waals surface area contributed by atoms with Gasteiger partial charge in [0.25, 0.3) is 5.56 Å². The summed E-state index contributed by atoms with van der Waals surface area (Å²) in [6.07, 6.45) is 0.0947. The number of H-pyrrole nitrogens is 1. The SMILES string of the molecule is COc1ccc([C@H]2CC(=O)Nc3nc(N4CCN(C)CC4)[nH]c(=O)c32)c(OC)c1OC. The molecule has 10 nitrogen and oxygen atoms in total. The number of likely N-dealkylation sites (N-methyl/N-ethyl adjacent to an activating group) is 1. The molecule has 2 aromatic rings. The summed E-state index contributed by atoms with van der Waals surface area (Å²) in [7, 11) is 6.63. The van der Waals surface area contributed by atoms with Gasteiger partial charge in [0, 0.05) is 44.1 Å². The lowest BCUT2D eigenvalue weighted by molar-refractivity contribution is -0.116. The van der Waals surface area contributed by atoms with E-state index in [-0.39, 0.29) is 23.7 Å². The fourth-order valence-corrected chi connectivity index (χ4v) is 4.19. The Balaban J connectivity index is 1.80. The summed E-state index contributed by atoms with van der Waals surface area (Å²) >= 11 is 0. The predicted molar refractivity (Wildman–Crippen MR) is 116 cm³/mol. The van der Waals surface area contributed by atoms with Gasteiger partial charge in [0.05, 0.1) is 26.9 Å². The fourth-order valence-electron chi connectivity index (χ4n) is 4.19. The van der Waals surface area contributed by atoms with E-state index < -0.39 is 5.92 Å². The first-order valence-corrected chi connectivity index (χ1v) is 10.1. The van der Waals surface area contributed by atoms with E-state index in [1.165, 1.54) is 21.3 Å². The first-order chi connectivity index (χ1) is 15.0. The molecule has 1 atom stereocenters. The highest BCUT2D eigenvalue weighted by Crippen LogP contribution is 2.46. The number of amides is 1. The molecule has 0 spiro atoms. The van der Waals surface area contributed by atoms with Crippen molar-refractivity contribution in [2.24, 2.45) is 0 Å². The summed E-state index contributed by atoms with van der Waals surface area (Å²) < 4.78 is 16.4. The summed E-state index contributed by atoms with van der Waals surface area (Å²) in [4.78, 5) is 37.5. The summed E-state index contributed by atoms with van der Waals surface area (Å²) in [5, 5.41) is 2.77. The lowest BCUT2D eigenvalue weighted by Crippen LogP contribution is -2.46. The van der Waals surface area contributed by atoms with E-state index in [9.17, 15) is 9.59 Å². The van der Waals surface area contributed by atoms with Gasteiger partial charge < -0.3 is 29.3 Å². The van der Waals surface area contributed by atoms with Crippen molar-refractivity contribution in [1.82, 2.24) is 14.9 Å². The number of piperazine rings is 1. The van der Waals surface area contributed by atoms with Gasteiger partial charge in [0.2, 0.25) is 17.6 Å². The maximum absolute atomic E-state index is 13.2. The number of fused-ring (bicyclic) bond motifs is 1. The number of hydrogen-bond donors (Lipinski definition) is 2. The summed E-state index contributed by atoms with van der Waals surface area (Å²) in [6.45, 7) is 3.25. The summed E-state index contributed by atoms with van der Waals surface area (Å²) in [6, 6.07) is 3.53. The minimum absolute atomic E-state index is 0.0947. The highest BCUT2D eigenvalue weighted by atomic mass is 16.5.